The van der Waals surface area contributed by atoms with Gasteiger partial charge >= 0.3 is 5.97 Å². The van der Waals surface area contributed by atoms with Gasteiger partial charge in [-0.1, -0.05) is 36.4 Å². The van der Waals surface area contributed by atoms with Gasteiger partial charge < -0.3 is 10.4 Å². The molecule has 0 heterocycles. The first kappa shape index (κ1) is 19.7. The Hall–Kier alpha value is -2.67. The van der Waals surface area contributed by atoms with E-state index in [2.05, 4.69) is 5.32 Å². The summed E-state index contributed by atoms with van der Waals surface area (Å²) in [6.07, 6.45) is 1.07. The molecule has 0 fully saturated rings. The van der Waals surface area contributed by atoms with Gasteiger partial charge in [0.1, 0.15) is 5.41 Å². The van der Waals surface area contributed by atoms with E-state index in [0.717, 1.165) is 6.26 Å². The molecule has 6 nitrogen and oxygen atoms in total. The summed E-state index contributed by atoms with van der Waals surface area (Å²) in [5, 5.41) is 12.3. The first-order chi connectivity index (χ1) is 12.1. The van der Waals surface area contributed by atoms with Crippen molar-refractivity contribution >= 4 is 21.7 Å². The minimum absolute atomic E-state index is 0.0392. The lowest BCUT2D eigenvalue weighted by Gasteiger charge is -2.26. The molecule has 2 rings (SSSR count). The number of carbonyl (C=O) groups is 2. The minimum Gasteiger partial charge on any atom is -0.481 e. The van der Waals surface area contributed by atoms with Crippen LogP contribution in [0.15, 0.2) is 53.4 Å². The molecule has 1 unspecified atom stereocenters. The standard InChI is InChI=1S/C19H21NO5S/c1-13-9-10-15(26(3,24)25)11-16(13)17(21)20-12-19(2,18(22)23)14-7-5-4-6-8-14/h4-11H,12H2,1-3H3,(H,20,21)(H,22,23). The number of sulfone groups is 1. The third kappa shape index (κ3) is 4.11. The number of hydrogen-bond donors (Lipinski definition) is 2. The van der Waals surface area contributed by atoms with Crippen molar-refractivity contribution in [2.75, 3.05) is 12.8 Å². The molecule has 0 aliphatic heterocycles. The lowest BCUT2D eigenvalue weighted by molar-refractivity contribution is -0.142. The zero-order valence-corrected chi connectivity index (χ0v) is 15.6. The van der Waals surface area contributed by atoms with Crippen molar-refractivity contribution in [2.45, 2.75) is 24.2 Å². The third-order valence-corrected chi connectivity index (χ3v) is 5.48. The molecule has 0 saturated heterocycles. The van der Waals surface area contributed by atoms with Crippen LogP contribution in [0, 0.1) is 6.92 Å². The van der Waals surface area contributed by atoms with Crippen LogP contribution < -0.4 is 5.32 Å². The average molecular weight is 375 g/mol. The van der Waals surface area contributed by atoms with Crippen LogP contribution in [0.25, 0.3) is 0 Å². The van der Waals surface area contributed by atoms with Crippen LogP contribution in [-0.2, 0) is 20.0 Å². The van der Waals surface area contributed by atoms with Gasteiger partial charge in [-0.2, -0.15) is 0 Å². The van der Waals surface area contributed by atoms with E-state index in [0.29, 0.717) is 11.1 Å². The highest BCUT2D eigenvalue weighted by Gasteiger charge is 2.35. The number of nitrogens with one attached hydrogen (secondary N) is 1. The highest BCUT2D eigenvalue weighted by molar-refractivity contribution is 7.90. The SMILES string of the molecule is Cc1ccc(S(C)(=O)=O)cc1C(=O)NCC(C)(C(=O)O)c1ccccc1. The van der Waals surface area contributed by atoms with Crippen molar-refractivity contribution in [3.05, 3.63) is 65.2 Å². The van der Waals surface area contributed by atoms with Gasteiger partial charge in [0.15, 0.2) is 9.84 Å². The molecular formula is C19H21NO5S. The van der Waals surface area contributed by atoms with Gasteiger partial charge in [-0.25, -0.2) is 8.42 Å². The number of hydrogen-bond acceptors (Lipinski definition) is 4. The van der Waals surface area contributed by atoms with Crippen molar-refractivity contribution in [2.24, 2.45) is 0 Å². The molecule has 0 bridgehead atoms. The summed E-state index contributed by atoms with van der Waals surface area (Å²) >= 11 is 0. The maximum atomic E-state index is 12.5. The Balaban J connectivity index is 2.29. The molecule has 26 heavy (non-hydrogen) atoms. The van der Waals surface area contributed by atoms with Gasteiger partial charge in [0.05, 0.1) is 4.90 Å². The molecule has 138 valence electrons. The number of benzene rings is 2. The molecule has 1 amide bonds. The molecule has 0 spiro atoms. The monoisotopic (exact) mass is 375 g/mol. The van der Waals surface area contributed by atoms with Crippen molar-refractivity contribution in [1.82, 2.24) is 5.32 Å². The van der Waals surface area contributed by atoms with E-state index in [1.165, 1.54) is 19.1 Å². The highest BCUT2D eigenvalue weighted by Crippen LogP contribution is 2.24. The molecule has 1 atom stereocenters. The van der Waals surface area contributed by atoms with Crippen LogP contribution in [0.1, 0.15) is 28.4 Å². The Kier molecular flexibility index (Phi) is 5.51. The van der Waals surface area contributed by atoms with Crippen molar-refractivity contribution in [3.8, 4) is 0 Å². The summed E-state index contributed by atoms with van der Waals surface area (Å²) < 4.78 is 23.4. The maximum Gasteiger partial charge on any atom is 0.315 e. The van der Waals surface area contributed by atoms with Crippen molar-refractivity contribution in [3.63, 3.8) is 0 Å². The van der Waals surface area contributed by atoms with Crippen LogP contribution in [0.2, 0.25) is 0 Å². The Morgan fingerprint density at radius 2 is 1.73 bits per heavy atom. The van der Waals surface area contributed by atoms with Gasteiger partial charge in [0.2, 0.25) is 0 Å². The first-order valence-electron chi connectivity index (χ1n) is 7.93. The van der Waals surface area contributed by atoms with E-state index in [1.54, 1.807) is 43.3 Å². The van der Waals surface area contributed by atoms with E-state index >= 15 is 0 Å². The molecule has 2 aromatic rings. The minimum atomic E-state index is -3.45. The Morgan fingerprint density at radius 3 is 2.27 bits per heavy atom. The number of carbonyl (C=O) groups excluding carboxylic acids is 1. The van der Waals surface area contributed by atoms with Gasteiger partial charge in [0, 0.05) is 18.4 Å². The number of carboxylic acids is 1. The maximum absolute atomic E-state index is 12.5. The van der Waals surface area contributed by atoms with E-state index in [9.17, 15) is 23.1 Å². The average Bonchev–Trinajstić information content (AvgIpc) is 2.59. The number of amides is 1. The van der Waals surface area contributed by atoms with Gasteiger partial charge in [-0.15, -0.1) is 0 Å². The lowest BCUT2D eigenvalue weighted by Crippen LogP contribution is -2.44. The smallest absolute Gasteiger partial charge is 0.315 e. The molecular weight excluding hydrogens is 354 g/mol. The topological polar surface area (TPSA) is 101 Å². The van der Waals surface area contributed by atoms with Gasteiger partial charge in [0.25, 0.3) is 5.91 Å². The van der Waals surface area contributed by atoms with Crippen LogP contribution in [0.3, 0.4) is 0 Å². The normalized spacial score (nSPS) is 13.7. The molecule has 0 radical (unpaired) electrons. The molecule has 0 aliphatic rings. The van der Waals surface area contributed by atoms with Crippen LogP contribution >= 0.6 is 0 Å². The van der Waals surface area contributed by atoms with Crippen molar-refractivity contribution in [1.29, 1.82) is 0 Å². The predicted molar refractivity (Wildman–Crippen MR) is 98.1 cm³/mol. The van der Waals surface area contributed by atoms with Crippen LogP contribution in [0.4, 0.5) is 0 Å². The molecule has 7 heteroatoms. The van der Waals surface area contributed by atoms with E-state index in [4.69, 9.17) is 0 Å². The number of aryl methyl sites for hydroxylation is 1. The molecule has 0 aromatic heterocycles. The Morgan fingerprint density at radius 1 is 1.12 bits per heavy atom. The Labute approximate surface area is 152 Å². The largest absolute Gasteiger partial charge is 0.481 e. The molecule has 0 aliphatic carbocycles. The second kappa shape index (κ2) is 7.29. The fourth-order valence-corrected chi connectivity index (χ4v) is 3.18. The van der Waals surface area contributed by atoms with Gasteiger partial charge in [-0.3, -0.25) is 9.59 Å². The molecule has 0 saturated carbocycles. The second-order valence-corrected chi connectivity index (χ2v) is 8.45. The fourth-order valence-electron chi connectivity index (χ4n) is 2.54. The molecule has 2 N–H and O–H groups in total. The summed E-state index contributed by atoms with van der Waals surface area (Å²) in [4.78, 5) is 24.4. The summed E-state index contributed by atoms with van der Waals surface area (Å²) in [5.41, 5.74) is 0.0639. The third-order valence-electron chi connectivity index (χ3n) is 4.37. The summed E-state index contributed by atoms with van der Waals surface area (Å²) in [6.45, 7) is 3.09. The predicted octanol–water partition coefficient (Wildman–Crippen LogP) is 2.17. The Bertz CT molecular complexity index is 938. The number of aliphatic carboxylic acids is 1. The fraction of sp³-hybridized carbons (Fsp3) is 0.263. The summed E-state index contributed by atoms with van der Waals surface area (Å²) in [6, 6.07) is 12.9. The van der Waals surface area contributed by atoms with E-state index < -0.39 is 27.1 Å². The quantitative estimate of drug-likeness (QED) is 0.806. The summed E-state index contributed by atoms with van der Waals surface area (Å²) in [7, 11) is -3.45. The zero-order chi connectivity index (χ0) is 19.5. The van der Waals surface area contributed by atoms with E-state index in [-0.39, 0.29) is 17.0 Å². The first-order valence-corrected chi connectivity index (χ1v) is 9.82. The number of carboxylic acid groups (broad SMARTS) is 1. The van der Waals surface area contributed by atoms with E-state index in [1.807, 2.05) is 0 Å². The number of rotatable bonds is 6. The van der Waals surface area contributed by atoms with Crippen molar-refractivity contribution < 1.29 is 23.1 Å². The zero-order valence-electron chi connectivity index (χ0n) is 14.8. The molecule has 2 aromatic carbocycles. The summed E-state index contributed by atoms with van der Waals surface area (Å²) in [5.74, 6) is -1.58. The lowest BCUT2D eigenvalue weighted by atomic mass is 9.82. The van der Waals surface area contributed by atoms with Crippen LogP contribution in [-0.4, -0.2) is 38.2 Å². The highest BCUT2D eigenvalue weighted by atomic mass is 32.2. The van der Waals surface area contributed by atoms with Crippen LogP contribution in [0.5, 0.6) is 0 Å². The van der Waals surface area contributed by atoms with Gasteiger partial charge in [-0.05, 0) is 37.1 Å². The second-order valence-electron chi connectivity index (χ2n) is 6.43.